The highest BCUT2D eigenvalue weighted by Gasteiger charge is 2.32. The molecule has 1 aliphatic heterocycles. The summed E-state index contributed by atoms with van der Waals surface area (Å²) in [4.78, 5) is 20.6. The zero-order chi connectivity index (χ0) is 39.3. The molecule has 6 aromatic carbocycles. The topological polar surface area (TPSA) is 83.8 Å². The van der Waals surface area contributed by atoms with Gasteiger partial charge in [-0.2, -0.15) is 9.97 Å². The van der Waals surface area contributed by atoms with Crippen LogP contribution in [0.15, 0.2) is 174 Å². The smallest absolute Gasteiger partial charge is 0.238 e. The van der Waals surface area contributed by atoms with Gasteiger partial charge in [-0.25, -0.2) is 9.97 Å². The number of fused-ring (bicyclic) bond motifs is 11. The molecular weight excluding hydrogens is 741 g/mol. The molecule has 0 spiro atoms. The van der Waals surface area contributed by atoms with Crippen LogP contribution in [0.1, 0.15) is 30.1 Å². The Kier molecular flexibility index (Phi) is 7.09. The van der Waals surface area contributed by atoms with Gasteiger partial charge in [-0.05, 0) is 73.5 Å². The second kappa shape index (κ2) is 12.8. The minimum Gasteiger partial charge on any atom is -0.485 e. The summed E-state index contributed by atoms with van der Waals surface area (Å²) in [6.07, 6.45) is 17.0. The number of hydrogen-bond donors (Lipinski definition) is 0. The normalized spacial score (nSPS) is 16.9. The van der Waals surface area contributed by atoms with E-state index in [0.717, 1.165) is 95.7 Å². The van der Waals surface area contributed by atoms with Gasteiger partial charge in [0, 0.05) is 55.4 Å². The Morgan fingerprint density at radius 2 is 1.30 bits per heavy atom. The van der Waals surface area contributed by atoms with E-state index in [2.05, 4.69) is 155 Å². The Balaban J connectivity index is 1.06. The van der Waals surface area contributed by atoms with E-state index in [0.29, 0.717) is 23.5 Å². The van der Waals surface area contributed by atoms with Crippen LogP contribution < -0.4 is 4.74 Å². The molecule has 3 aliphatic rings. The fourth-order valence-electron chi connectivity index (χ4n) is 9.41. The number of rotatable bonds is 5. The predicted octanol–water partition coefficient (Wildman–Crippen LogP) is 12.2. The van der Waals surface area contributed by atoms with Gasteiger partial charge in [0.2, 0.25) is 11.8 Å². The lowest BCUT2D eigenvalue weighted by atomic mass is 9.91. The molecule has 4 aromatic heterocycles. The maximum absolute atomic E-state index is 6.47. The van der Waals surface area contributed by atoms with Crippen LogP contribution in [-0.2, 0) is 0 Å². The molecular formula is C52H34N6O2. The van der Waals surface area contributed by atoms with E-state index in [1.807, 2.05) is 24.3 Å². The standard InChI is InChI=1S/C52H34N6O2/c1-2-12-31(13-3-1)49-54-50(33-24-27-38-37-16-6-10-20-44(37)59-46(38)30-33)56-52(55-49)58-43-19-9-5-15-36(43)40-29-28-39-35-14-4-8-18-42(35)57(47(39)48(40)58)34-25-22-32(23-26-34)51-53-41-17-7-11-21-45(41)60-51/h2,4-30,37,44H,1,3H2. The first-order valence-corrected chi connectivity index (χ1v) is 20.4. The molecule has 0 amide bonds. The van der Waals surface area contributed by atoms with Gasteiger partial charge in [0.15, 0.2) is 17.2 Å². The fraction of sp³-hybridized carbons (Fsp3) is 0.0769. The molecule has 0 N–H and O–H groups in total. The van der Waals surface area contributed by atoms with Gasteiger partial charge in [-0.1, -0.05) is 109 Å². The molecule has 8 heteroatoms. The molecule has 0 fully saturated rings. The summed E-state index contributed by atoms with van der Waals surface area (Å²) in [5.74, 6) is 3.45. The maximum atomic E-state index is 6.47. The summed E-state index contributed by atoms with van der Waals surface area (Å²) in [5.41, 5.74) is 10.8. The van der Waals surface area contributed by atoms with Crippen LogP contribution in [0.2, 0.25) is 0 Å². The number of benzene rings is 6. The van der Waals surface area contributed by atoms with E-state index in [-0.39, 0.29) is 12.0 Å². The van der Waals surface area contributed by atoms with E-state index in [1.54, 1.807) is 0 Å². The van der Waals surface area contributed by atoms with Crippen molar-refractivity contribution in [1.82, 2.24) is 29.1 Å². The van der Waals surface area contributed by atoms with E-state index in [1.165, 1.54) is 5.56 Å². The maximum Gasteiger partial charge on any atom is 0.238 e. The first-order valence-electron chi connectivity index (χ1n) is 20.4. The van der Waals surface area contributed by atoms with E-state index >= 15 is 0 Å². The van der Waals surface area contributed by atoms with Crippen molar-refractivity contribution in [3.05, 3.63) is 181 Å². The summed E-state index contributed by atoms with van der Waals surface area (Å²) >= 11 is 0. The van der Waals surface area contributed by atoms with Crippen LogP contribution in [-0.4, -0.2) is 35.2 Å². The molecule has 8 nitrogen and oxygen atoms in total. The van der Waals surface area contributed by atoms with Crippen LogP contribution in [0.25, 0.3) is 94.8 Å². The van der Waals surface area contributed by atoms with Crippen molar-refractivity contribution in [1.29, 1.82) is 0 Å². The average molecular weight is 775 g/mol. The molecule has 0 saturated heterocycles. The van der Waals surface area contributed by atoms with Crippen molar-refractivity contribution in [3.63, 3.8) is 0 Å². The van der Waals surface area contributed by atoms with Crippen LogP contribution >= 0.6 is 0 Å². The molecule has 2 unspecified atom stereocenters. The molecule has 13 rings (SSSR count). The lowest BCUT2D eigenvalue weighted by Crippen LogP contribution is -2.15. The molecule has 0 bridgehead atoms. The lowest BCUT2D eigenvalue weighted by Gasteiger charge is -2.14. The van der Waals surface area contributed by atoms with Crippen molar-refractivity contribution in [2.75, 3.05) is 0 Å². The monoisotopic (exact) mass is 774 g/mol. The molecule has 10 aromatic rings. The first kappa shape index (κ1) is 33.2. The van der Waals surface area contributed by atoms with Crippen molar-refractivity contribution in [2.24, 2.45) is 0 Å². The molecule has 0 saturated carbocycles. The molecule has 60 heavy (non-hydrogen) atoms. The molecule has 284 valence electrons. The van der Waals surface area contributed by atoms with Gasteiger partial charge in [-0.3, -0.25) is 4.57 Å². The van der Waals surface area contributed by atoms with E-state index in [4.69, 9.17) is 29.1 Å². The Bertz CT molecular complexity index is 3510. The Hall–Kier alpha value is -7.84. The predicted molar refractivity (Wildman–Crippen MR) is 239 cm³/mol. The van der Waals surface area contributed by atoms with Crippen molar-refractivity contribution < 1.29 is 9.15 Å². The van der Waals surface area contributed by atoms with Gasteiger partial charge in [0.1, 0.15) is 17.4 Å². The minimum absolute atomic E-state index is 0.00725. The summed E-state index contributed by atoms with van der Waals surface area (Å²) < 4.78 is 17.2. The first-order chi connectivity index (χ1) is 29.7. The zero-order valence-electron chi connectivity index (χ0n) is 32.2. The van der Waals surface area contributed by atoms with Crippen molar-refractivity contribution in [2.45, 2.75) is 24.9 Å². The molecule has 2 atom stereocenters. The Morgan fingerprint density at radius 3 is 2.10 bits per heavy atom. The molecule has 2 aliphatic carbocycles. The van der Waals surface area contributed by atoms with Gasteiger partial charge >= 0.3 is 0 Å². The number of nitrogens with zero attached hydrogens (tertiary/aromatic N) is 6. The third kappa shape index (κ3) is 4.97. The Morgan fingerprint density at radius 1 is 0.583 bits per heavy atom. The largest absolute Gasteiger partial charge is 0.485 e. The number of para-hydroxylation sites is 4. The third-order valence-corrected chi connectivity index (χ3v) is 12.2. The number of hydrogen-bond acceptors (Lipinski definition) is 6. The van der Waals surface area contributed by atoms with Crippen LogP contribution in [0.4, 0.5) is 0 Å². The van der Waals surface area contributed by atoms with Crippen LogP contribution in [0.5, 0.6) is 5.75 Å². The van der Waals surface area contributed by atoms with Gasteiger partial charge in [0.05, 0.1) is 22.1 Å². The third-order valence-electron chi connectivity index (χ3n) is 12.2. The highest BCUT2D eigenvalue weighted by atomic mass is 16.5. The zero-order valence-corrected chi connectivity index (χ0v) is 32.2. The summed E-state index contributed by atoms with van der Waals surface area (Å²) in [7, 11) is 0. The van der Waals surface area contributed by atoms with Gasteiger partial charge in [-0.15, -0.1) is 0 Å². The second-order valence-electron chi connectivity index (χ2n) is 15.6. The fourth-order valence-corrected chi connectivity index (χ4v) is 9.41. The van der Waals surface area contributed by atoms with E-state index < -0.39 is 0 Å². The molecule has 0 radical (unpaired) electrons. The number of oxazole rings is 1. The number of aromatic nitrogens is 6. The van der Waals surface area contributed by atoms with Gasteiger partial charge in [0.25, 0.3) is 0 Å². The SMILES string of the molecule is C1=CC2Oc3cc(-c4nc(C5=CCCC=C5)nc(-n5c6ccccc6c6ccc7c8ccccc8n(-c8ccc(-c9nc%10ccccc%10o9)cc8)c7c65)n4)ccc3C2C=C1. The summed E-state index contributed by atoms with van der Waals surface area (Å²) in [6.45, 7) is 0. The summed E-state index contributed by atoms with van der Waals surface area (Å²) in [5, 5.41) is 4.53. The van der Waals surface area contributed by atoms with Crippen molar-refractivity contribution in [3.8, 4) is 40.2 Å². The Labute approximate surface area is 343 Å². The highest BCUT2D eigenvalue weighted by Crippen LogP contribution is 2.44. The minimum atomic E-state index is -0.00725. The number of allylic oxidation sites excluding steroid dienone is 6. The molecule has 5 heterocycles. The number of ether oxygens (including phenoxy) is 1. The second-order valence-corrected chi connectivity index (χ2v) is 15.6. The quantitative estimate of drug-likeness (QED) is 0.173. The van der Waals surface area contributed by atoms with E-state index in [9.17, 15) is 0 Å². The van der Waals surface area contributed by atoms with Crippen LogP contribution in [0, 0.1) is 0 Å². The van der Waals surface area contributed by atoms with Crippen LogP contribution in [0.3, 0.4) is 0 Å². The van der Waals surface area contributed by atoms with Crippen molar-refractivity contribution >= 4 is 60.3 Å². The lowest BCUT2D eigenvalue weighted by molar-refractivity contribution is 0.269. The highest BCUT2D eigenvalue weighted by molar-refractivity contribution is 6.23. The average Bonchev–Trinajstić information content (AvgIpc) is 4.08. The van der Waals surface area contributed by atoms with Gasteiger partial charge < -0.3 is 13.7 Å². The summed E-state index contributed by atoms with van der Waals surface area (Å²) in [6, 6.07) is 44.4.